The highest BCUT2D eigenvalue weighted by Crippen LogP contribution is 2.20. The Labute approximate surface area is 105 Å². The first kappa shape index (κ1) is 12.7. The Morgan fingerprint density at radius 1 is 1.35 bits per heavy atom. The van der Waals surface area contributed by atoms with E-state index in [9.17, 15) is 9.59 Å². The lowest BCUT2D eigenvalue weighted by atomic mass is 10.0. The number of amides is 1. The van der Waals surface area contributed by atoms with Gasteiger partial charge in [-0.05, 0) is 19.3 Å². The van der Waals surface area contributed by atoms with Crippen LogP contribution in [0.4, 0.5) is 0 Å². The maximum Gasteiger partial charge on any atom is 0.326 e. The molecule has 0 aromatic rings. The second-order valence-electron chi connectivity index (χ2n) is 4.46. The van der Waals surface area contributed by atoms with Gasteiger partial charge in [-0.2, -0.15) is 11.8 Å². The second kappa shape index (κ2) is 5.73. The summed E-state index contributed by atoms with van der Waals surface area (Å²) in [5.74, 6) is 0.860. The molecule has 0 aromatic heterocycles. The summed E-state index contributed by atoms with van der Waals surface area (Å²) in [6, 6.07) is -0.821. The van der Waals surface area contributed by atoms with Gasteiger partial charge in [-0.25, -0.2) is 4.79 Å². The molecule has 5 nitrogen and oxygen atoms in total. The summed E-state index contributed by atoms with van der Waals surface area (Å²) >= 11 is 1.75. The molecule has 2 N–H and O–H groups in total. The minimum atomic E-state index is -0.874. The zero-order chi connectivity index (χ0) is 12.3. The van der Waals surface area contributed by atoms with Gasteiger partial charge in [-0.3, -0.25) is 4.79 Å². The van der Waals surface area contributed by atoms with Crippen molar-refractivity contribution in [3.8, 4) is 0 Å². The van der Waals surface area contributed by atoms with E-state index in [1.807, 2.05) is 0 Å². The van der Waals surface area contributed by atoms with Gasteiger partial charge in [0, 0.05) is 24.6 Å². The lowest BCUT2D eigenvalue weighted by Gasteiger charge is -2.36. The van der Waals surface area contributed by atoms with Crippen molar-refractivity contribution in [2.24, 2.45) is 0 Å². The molecule has 2 aliphatic rings. The van der Waals surface area contributed by atoms with E-state index in [4.69, 9.17) is 5.11 Å². The Morgan fingerprint density at radius 3 is 2.82 bits per heavy atom. The van der Waals surface area contributed by atoms with Gasteiger partial charge < -0.3 is 15.3 Å². The van der Waals surface area contributed by atoms with Crippen LogP contribution in [-0.4, -0.2) is 58.6 Å². The van der Waals surface area contributed by atoms with Gasteiger partial charge in [0.25, 0.3) is 0 Å². The molecular formula is C11H18N2O3S. The number of carbonyl (C=O) groups is 2. The third-order valence-electron chi connectivity index (χ3n) is 3.29. The maximum atomic E-state index is 12.3. The molecule has 2 heterocycles. The molecule has 2 rings (SSSR count). The van der Waals surface area contributed by atoms with E-state index in [0.717, 1.165) is 30.9 Å². The molecule has 2 saturated heterocycles. The number of hydrogen-bond donors (Lipinski definition) is 2. The van der Waals surface area contributed by atoms with E-state index in [2.05, 4.69) is 5.32 Å². The topological polar surface area (TPSA) is 69.6 Å². The number of nitrogens with zero attached hydrogens (tertiary/aromatic N) is 1. The monoisotopic (exact) mass is 258 g/mol. The number of carbonyl (C=O) groups excluding carboxylic acids is 1. The van der Waals surface area contributed by atoms with Crippen molar-refractivity contribution in [1.29, 1.82) is 0 Å². The normalized spacial score (nSPS) is 30.0. The van der Waals surface area contributed by atoms with Gasteiger partial charge in [0.15, 0.2) is 0 Å². The molecule has 0 saturated carbocycles. The molecule has 96 valence electrons. The third kappa shape index (κ3) is 2.93. The van der Waals surface area contributed by atoms with Crippen LogP contribution in [0, 0.1) is 0 Å². The smallest absolute Gasteiger partial charge is 0.326 e. The number of piperidine rings is 1. The van der Waals surface area contributed by atoms with Gasteiger partial charge in [0.1, 0.15) is 6.04 Å². The van der Waals surface area contributed by atoms with Crippen LogP contribution >= 0.6 is 11.8 Å². The van der Waals surface area contributed by atoms with E-state index in [0.29, 0.717) is 13.0 Å². The average Bonchev–Trinajstić information content (AvgIpc) is 2.39. The lowest BCUT2D eigenvalue weighted by Crippen LogP contribution is -2.56. The van der Waals surface area contributed by atoms with Crippen molar-refractivity contribution in [3.05, 3.63) is 0 Å². The second-order valence-corrected chi connectivity index (χ2v) is 5.61. The van der Waals surface area contributed by atoms with Gasteiger partial charge in [-0.1, -0.05) is 0 Å². The highest BCUT2D eigenvalue weighted by molar-refractivity contribution is 7.99. The van der Waals surface area contributed by atoms with Crippen molar-refractivity contribution in [2.45, 2.75) is 31.3 Å². The van der Waals surface area contributed by atoms with Crippen LogP contribution in [0.2, 0.25) is 0 Å². The highest BCUT2D eigenvalue weighted by Gasteiger charge is 2.35. The molecule has 17 heavy (non-hydrogen) atoms. The largest absolute Gasteiger partial charge is 0.480 e. The average molecular weight is 258 g/mol. The molecule has 0 aliphatic carbocycles. The molecule has 2 atom stereocenters. The maximum absolute atomic E-state index is 12.3. The Balaban J connectivity index is 2.02. The van der Waals surface area contributed by atoms with Crippen molar-refractivity contribution < 1.29 is 14.7 Å². The molecule has 0 bridgehead atoms. The summed E-state index contributed by atoms with van der Waals surface area (Å²) in [6.07, 6.45) is 2.39. The molecule has 0 spiro atoms. The van der Waals surface area contributed by atoms with E-state index >= 15 is 0 Å². The van der Waals surface area contributed by atoms with Crippen LogP contribution in [-0.2, 0) is 9.59 Å². The van der Waals surface area contributed by atoms with Crippen LogP contribution in [0.3, 0.4) is 0 Å². The fourth-order valence-electron chi connectivity index (χ4n) is 2.38. The Kier molecular flexibility index (Phi) is 4.28. The van der Waals surface area contributed by atoms with Crippen LogP contribution in [0.25, 0.3) is 0 Å². The van der Waals surface area contributed by atoms with E-state index in [1.54, 1.807) is 16.7 Å². The molecule has 2 aliphatic heterocycles. The van der Waals surface area contributed by atoms with Crippen molar-refractivity contribution >= 4 is 23.6 Å². The van der Waals surface area contributed by atoms with E-state index in [-0.39, 0.29) is 11.9 Å². The van der Waals surface area contributed by atoms with Gasteiger partial charge in [0.05, 0.1) is 6.04 Å². The number of aliphatic carboxylic acids is 1. The lowest BCUT2D eigenvalue weighted by molar-refractivity contribution is -0.152. The Hall–Kier alpha value is -0.750. The van der Waals surface area contributed by atoms with Crippen molar-refractivity contribution in [3.63, 3.8) is 0 Å². The fourth-order valence-corrected chi connectivity index (χ4v) is 3.30. The van der Waals surface area contributed by atoms with Crippen LogP contribution in [0.15, 0.2) is 0 Å². The summed E-state index contributed by atoms with van der Waals surface area (Å²) in [5, 5.41) is 12.3. The van der Waals surface area contributed by atoms with E-state index in [1.165, 1.54) is 0 Å². The first-order valence-corrected chi connectivity index (χ1v) is 7.20. The molecule has 1 amide bonds. The number of carboxylic acid groups (broad SMARTS) is 1. The predicted octanol–water partition coefficient (Wildman–Crippen LogP) is 0.157. The summed E-state index contributed by atoms with van der Waals surface area (Å²) in [5.41, 5.74) is 0. The number of nitrogens with one attached hydrogen (secondary N) is 1. The first-order chi connectivity index (χ1) is 8.20. The predicted molar refractivity (Wildman–Crippen MR) is 66.1 cm³/mol. The molecule has 6 heteroatoms. The Bertz CT molecular complexity index is 305. The highest BCUT2D eigenvalue weighted by atomic mass is 32.2. The quantitative estimate of drug-likeness (QED) is 0.738. The van der Waals surface area contributed by atoms with Crippen LogP contribution in [0.5, 0.6) is 0 Å². The standard InChI is InChI=1S/C11H18N2O3S/c14-10(8-7-17-6-4-12-8)13-5-2-1-3-9(13)11(15)16/h8-9,12H,1-7H2,(H,15,16)/t8?,9-/m1/s1. The van der Waals surface area contributed by atoms with Gasteiger partial charge in [-0.15, -0.1) is 0 Å². The Morgan fingerprint density at radius 2 is 2.18 bits per heavy atom. The fraction of sp³-hybridized carbons (Fsp3) is 0.818. The van der Waals surface area contributed by atoms with E-state index < -0.39 is 12.0 Å². The summed E-state index contributed by atoms with van der Waals surface area (Å²) in [6.45, 7) is 1.41. The van der Waals surface area contributed by atoms with Crippen LogP contribution in [0.1, 0.15) is 19.3 Å². The molecular weight excluding hydrogens is 240 g/mol. The zero-order valence-electron chi connectivity index (χ0n) is 9.72. The number of rotatable bonds is 2. The SMILES string of the molecule is O=C(O)[C@H]1CCCCN1C(=O)C1CSCCN1. The van der Waals surface area contributed by atoms with Crippen LogP contribution < -0.4 is 5.32 Å². The zero-order valence-corrected chi connectivity index (χ0v) is 10.5. The number of thioether (sulfide) groups is 1. The van der Waals surface area contributed by atoms with Gasteiger partial charge >= 0.3 is 5.97 Å². The minimum Gasteiger partial charge on any atom is -0.480 e. The summed E-state index contributed by atoms with van der Waals surface area (Å²) in [7, 11) is 0. The molecule has 0 radical (unpaired) electrons. The van der Waals surface area contributed by atoms with Gasteiger partial charge in [0.2, 0.25) is 5.91 Å². The number of hydrogen-bond acceptors (Lipinski definition) is 4. The third-order valence-corrected chi connectivity index (χ3v) is 4.35. The summed E-state index contributed by atoms with van der Waals surface area (Å²) < 4.78 is 0. The minimum absolute atomic E-state index is 0.0377. The summed E-state index contributed by atoms with van der Waals surface area (Å²) in [4.78, 5) is 24.9. The molecule has 0 aromatic carbocycles. The van der Waals surface area contributed by atoms with Crippen molar-refractivity contribution in [1.82, 2.24) is 10.2 Å². The van der Waals surface area contributed by atoms with Crippen molar-refractivity contribution in [2.75, 3.05) is 24.6 Å². The number of carboxylic acids is 1. The molecule has 1 unspecified atom stereocenters. The molecule has 2 fully saturated rings. The number of likely N-dealkylation sites (tertiary alicyclic amines) is 1. The first-order valence-electron chi connectivity index (χ1n) is 6.04.